The molecule has 0 aliphatic carbocycles. The molecule has 0 saturated carbocycles. The van der Waals surface area contributed by atoms with E-state index in [1.807, 2.05) is 16.9 Å². The van der Waals surface area contributed by atoms with Crippen molar-refractivity contribution in [3.8, 4) is 0 Å². The van der Waals surface area contributed by atoms with Crippen molar-refractivity contribution in [2.24, 2.45) is 0 Å². The van der Waals surface area contributed by atoms with Crippen molar-refractivity contribution in [1.29, 1.82) is 0 Å². The summed E-state index contributed by atoms with van der Waals surface area (Å²) in [4.78, 5) is 4.64. The Morgan fingerprint density at radius 3 is 2.50 bits per heavy atom. The van der Waals surface area contributed by atoms with Gasteiger partial charge in [-0.25, -0.2) is 4.39 Å². The molecule has 1 N–H and O–H groups in total. The molecule has 0 spiro atoms. The number of nitrogens with zero attached hydrogens (tertiary/aromatic N) is 4. The van der Waals surface area contributed by atoms with Crippen LogP contribution in [0.25, 0.3) is 0 Å². The van der Waals surface area contributed by atoms with Crippen LogP contribution in [0.1, 0.15) is 11.1 Å². The fraction of sp³-hybridized carbons (Fsp3) is 0.273. The number of halogens is 2. The minimum absolute atomic E-state index is 0.233. The van der Waals surface area contributed by atoms with Gasteiger partial charge in [0.25, 0.3) is 0 Å². The fourth-order valence-electron chi connectivity index (χ4n) is 3.47. The van der Waals surface area contributed by atoms with Crippen LogP contribution in [-0.4, -0.2) is 50.9 Å². The van der Waals surface area contributed by atoms with Gasteiger partial charge >= 0.3 is 0 Å². The van der Waals surface area contributed by atoms with Crippen molar-refractivity contribution in [3.05, 3.63) is 82.3 Å². The maximum Gasteiger partial charge on any atom is 0.173 e. The largest absolute Gasteiger partial charge is 0.346 e. The van der Waals surface area contributed by atoms with Crippen LogP contribution in [0.4, 0.5) is 10.1 Å². The number of benzene rings is 2. The molecular weight excluding hydrogens is 465 g/mol. The first-order chi connectivity index (χ1) is 14.6. The van der Waals surface area contributed by atoms with Gasteiger partial charge < -0.3 is 10.2 Å². The minimum atomic E-state index is -0.233. The summed E-state index contributed by atoms with van der Waals surface area (Å²) >= 11 is 9.24. The molecule has 2 heterocycles. The highest BCUT2D eigenvalue weighted by Crippen LogP contribution is 2.19. The van der Waals surface area contributed by atoms with Crippen molar-refractivity contribution in [2.45, 2.75) is 13.1 Å². The Balaban J connectivity index is 1.26. The third kappa shape index (κ3) is 5.44. The minimum Gasteiger partial charge on any atom is -0.346 e. The average Bonchev–Trinajstić information content (AvgIpc) is 3.18. The van der Waals surface area contributed by atoms with Crippen LogP contribution in [-0.2, 0) is 13.1 Å². The van der Waals surface area contributed by atoms with Crippen molar-refractivity contribution < 1.29 is 4.39 Å². The number of nitrogens with one attached hydrogen (secondary N) is 1. The summed E-state index contributed by atoms with van der Waals surface area (Å²) in [6, 6.07) is 14.8. The van der Waals surface area contributed by atoms with Gasteiger partial charge in [-0.1, -0.05) is 46.3 Å². The molecule has 1 aliphatic rings. The topological polar surface area (TPSA) is 36.3 Å². The first kappa shape index (κ1) is 21.0. The molecule has 8 heteroatoms. The van der Waals surface area contributed by atoms with Crippen molar-refractivity contribution >= 4 is 38.9 Å². The summed E-state index contributed by atoms with van der Waals surface area (Å²) in [6.45, 7) is 5.23. The zero-order chi connectivity index (χ0) is 20.9. The third-order valence-electron chi connectivity index (χ3n) is 5.15. The van der Waals surface area contributed by atoms with Gasteiger partial charge in [0.1, 0.15) is 5.82 Å². The van der Waals surface area contributed by atoms with E-state index in [2.05, 4.69) is 54.3 Å². The van der Waals surface area contributed by atoms with Crippen molar-refractivity contribution in [1.82, 2.24) is 19.6 Å². The van der Waals surface area contributed by atoms with E-state index in [4.69, 9.17) is 12.2 Å². The maximum absolute atomic E-state index is 13.0. The van der Waals surface area contributed by atoms with Crippen LogP contribution in [0.5, 0.6) is 0 Å². The molecule has 0 atom stereocenters. The highest BCUT2D eigenvalue weighted by molar-refractivity contribution is 9.10. The normalized spacial score (nSPS) is 14.7. The molecule has 1 fully saturated rings. The summed E-state index contributed by atoms with van der Waals surface area (Å²) in [5, 5.41) is 8.38. The van der Waals surface area contributed by atoms with E-state index in [0.717, 1.165) is 53.6 Å². The Bertz CT molecular complexity index is 999. The second-order valence-corrected chi connectivity index (χ2v) is 8.58. The molecule has 0 bridgehead atoms. The number of hydrogen-bond acceptors (Lipinski definition) is 3. The maximum atomic E-state index is 13.0. The van der Waals surface area contributed by atoms with Gasteiger partial charge in [0.15, 0.2) is 5.11 Å². The lowest BCUT2D eigenvalue weighted by atomic mass is 10.2. The Kier molecular flexibility index (Phi) is 6.76. The molecule has 3 aromatic rings. The van der Waals surface area contributed by atoms with Gasteiger partial charge in [-0.3, -0.25) is 9.58 Å². The van der Waals surface area contributed by atoms with Gasteiger partial charge in [0.05, 0.1) is 18.4 Å². The monoisotopic (exact) mass is 487 g/mol. The molecule has 30 heavy (non-hydrogen) atoms. The van der Waals surface area contributed by atoms with Crippen LogP contribution in [0.15, 0.2) is 65.4 Å². The lowest BCUT2D eigenvalue weighted by Gasteiger charge is -2.36. The summed E-state index contributed by atoms with van der Waals surface area (Å²) in [7, 11) is 0. The van der Waals surface area contributed by atoms with E-state index in [-0.39, 0.29) is 5.82 Å². The molecule has 4 rings (SSSR count). The molecular formula is C22H23BrFN5S. The highest BCUT2D eigenvalue weighted by Gasteiger charge is 2.20. The smallest absolute Gasteiger partial charge is 0.173 e. The quantitative estimate of drug-likeness (QED) is 0.541. The molecule has 0 radical (unpaired) electrons. The molecule has 0 unspecified atom stereocenters. The van der Waals surface area contributed by atoms with E-state index < -0.39 is 0 Å². The fourth-order valence-corrected chi connectivity index (χ4v) is 4.18. The first-order valence-electron chi connectivity index (χ1n) is 9.85. The van der Waals surface area contributed by atoms with Crippen LogP contribution in [0.3, 0.4) is 0 Å². The number of anilines is 1. The predicted molar refractivity (Wildman–Crippen MR) is 125 cm³/mol. The average molecular weight is 488 g/mol. The molecule has 1 saturated heterocycles. The van der Waals surface area contributed by atoms with Gasteiger partial charge in [0, 0.05) is 43.4 Å². The van der Waals surface area contributed by atoms with Crippen LogP contribution >= 0.6 is 28.1 Å². The van der Waals surface area contributed by atoms with E-state index in [1.54, 1.807) is 18.3 Å². The van der Waals surface area contributed by atoms with Gasteiger partial charge in [-0.2, -0.15) is 5.10 Å². The standard InChI is InChI=1S/C22H23BrFN5S/c23-21-4-2-1-3-18(21)15-27-9-11-28(12-10-27)22(30)26-20-13-25-29(16-20)14-17-5-7-19(24)8-6-17/h1-8,13,16H,9-12,14-15H2,(H,26,30). The molecule has 156 valence electrons. The molecule has 0 amide bonds. The lowest BCUT2D eigenvalue weighted by molar-refractivity contribution is 0.176. The Morgan fingerprint density at radius 2 is 1.77 bits per heavy atom. The lowest BCUT2D eigenvalue weighted by Crippen LogP contribution is -2.49. The molecule has 5 nitrogen and oxygen atoms in total. The van der Waals surface area contributed by atoms with E-state index >= 15 is 0 Å². The van der Waals surface area contributed by atoms with Crippen molar-refractivity contribution in [3.63, 3.8) is 0 Å². The van der Waals surface area contributed by atoms with Crippen molar-refractivity contribution in [2.75, 3.05) is 31.5 Å². The van der Waals surface area contributed by atoms with E-state index in [1.165, 1.54) is 17.7 Å². The van der Waals surface area contributed by atoms with Crippen LogP contribution in [0, 0.1) is 5.82 Å². The second kappa shape index (κ2) is 9.68. The zero-order valence-corrected chi connectivity index (χ0v) is 18.9. The SMILES string of the molecule is Fc1ccc(Cn2cc(NC(=S)N3CCN(Cc4ccccc4Br)CC3)cn2)cc1. The highest BCUT2D eigenvalue weighted by atomic mass is 79.9. The van der Waals surface area contributed by atoms with E-state index in [0.29, 0.717) is 6.54 Å². The zero-order valence-electron chi connectivity index (χ0n) is 16.5. The van der Waals surface area contributed by atoms with E-state index in [9.17, 15) is 4.39 Å². The Morgan fingerprint density at radius 1 is 1.03 bits per heavy atom. The summed E-state index contributed by atoms with van der Waals surface area (Å²) in [6.07, 6.45) is 3.68. The number of aromatic nitrogens is 2. The summed E-state index contributed by atoms with van der Waals surface area (Å²) in [5.74, 6) is -0.233. The third-order valence-corrected chi connectivity index (χ3v) is 6.29. The number of rotatable bonds is 5. The Labute approximate surface area is 189 Å². The van der Waals surface area contributed by atoms with Gasteiger partial charge in [0.2, 0.25) is 0 Å². The summed E-state index contributed by atoms with van der Waals surface area (Å²) in [5.41, 5.74) is 3.16. The Hall–Kier alpha value is -2.29. The molecule has 1 aliphatic heterocycles. The molecule has 2 aromatic carbocycles. The first-order valence-corrected chi connectivity index (χ1v) is 11.1. The van der Waals surface area contributed by atoms with Crippen LogP contribution < -0.4 is 5.32 Å². The van der Waals surface area contributed by atoms with Crippen LogP contribution in [0.2, 0.25) is 0 Å². The molecule has 1 aromatic heterocycles. The number of thiocarbonyl (C=S) groups is 1. The van der Waals surface area contributed by atoms with Gasteiger partial charge in [-0.15, -0.1) is 0 Å². The second-order valence-electron chi connectivity index (χ2n) is 7.34. The number of hydrogen-bond donors (Lipinski definition) is 1. The predicted octanol–water partition coefficient (Wildman–Crippen LogP) is 4.35. The van der Waals surface area contributed by atoms with Gasteiger partial charge in [-0.05, 0) is 41.5 Å². The number of piperazine rings is 1. The summed E-state index contributed by atoms with van der Waals surface area (Å²) < 4.78 is 16.0.